The quantitative estimate of drug-likeness (QED) is 0.175. The summed E-state index contributed by atoms with van der Waals surface area (Å²) in [5.74, 6) is 3.60. The molecule has 4 unspecified atom stereocenters. The van der Waals surface area contributed by atoms with Crippen molar-refractivity contribution in [3.63, 3.8) is 0 Å². The van der Waals surface area contributed by atoms with Crippen LogP contribution in [-0.4, -0.2) is 15.0 Å². The molecule has 0 aliphatic heterocycles. The summed E-state index contributed by atoms with van der Waals surface area (Å²) in [6, 6.07) is 47.0. The van der Waals surface area contributed by atoms with Gasteiger partial charge in [0.05, 0.1) is 0 Å². The molecule has 3 aliphatic rings. The van der Waals surface area contributed by atoms with Crippen LogP contribution in [-0.2, 0) is 0 Å². The van der Waals surface area contributed by atoms with E-state index >= 15 is 0 Å². The first-order valence-electron chi connectivity index (χ1n) is 19.9. The molecule has 274 valence electrons. The van der Waals surface area contributed by atoms with Crippen LogP contribution in [0.2, 0.25) is 0 Å². The summed E-state index contributed by atoms with van der Waals surface area (Å²) < 4.78 is 9.12. The van der Waals surface area contributed by atoms with Crippen molar-refractivity contribution in [1.29, 1.82) is 0 Å². The fraction of sp³-hybridized carbons (Fsp3) is 0.0755. The van der Waals surface area contributed by atoms with Gasteiger partial charge >= 0.3 is 0 Å². The molecular formula is C53H35N3OS. The van der Waals surface area contributed by atoms with E-state index in [-0.39, 0.29) is 0 Å². The van der Waals surface area contributed by atoms with E-state index in [0.29, 0.717) is 41.1 Å². The van der Waals surface area contributed by atoms with Gasteiger partial charge < -0.3 is 4.42 Å². The van der Waals surface area contributed by atoms with Crippen molar-refractivity contribution in [3.05, 3.63) is 199 Å². The third kappa shape index (κ3) is 5.53. The van der Waals surface area contributed by atoms with E-state index in [4.69, 9.17) is 19.4 Å². The molecule has 2 bridgehead atoms. The highest BCUT2D eigenvalue weighted by Gasteiger charge is 2.38. The molecule has 4 nitrogen and oxygen atoms in total. The molecule has 3 heterocycles. The van der Waals surface area contributed by atoms with Gasteiger partial charge in [0.15, 0.2) is 17.5 Å². The fourth-order valence-corrected chi connectivity index (χ4v) is 10.5. The molecule has 0 fully saturated rings. The van der Waals surface area contributed by atoms with Crippen LogP contribution in [0.15, 0.2) is 198 Å². The Hall–Kier alpha value is -6.95. The molecule has 12 rings (SSSR count). The lowest BCUT2D eigenvalue weighted by Crippen LogP contribution is -2.30. The summed E-state index contributed by atoms with van der Waals surface area (Å²) in [5.41, 5.74) is 9.60. The summed E-state index contributed by atoms with van der Waals surface area (Å²) in [7, 11) is 0. The van der Waals surface area contributed by atoms with Gasteiger partial charge in [-0.15, -0.1) is 11.3 Å². The predicted octanol–water partition coefficient (Wildman–Crippen LogP) is 13.9. The van der Waals surface area contributed by atoms with Crippen molar-refractivity contribution in [2.24, 2.45) is 17.8 Å². The number of furan rings is 1. The van der Waals surface area contributed by atoms with Crippen molar-refractivity contribution in [1.82, 2.24) is 15.0 Å². The zero-order valence-electron chi connectivity index (χ0n) is 31.4. The van der Waals surface area contributed by atoms with E-state index in [1.165, 1.54) is 36.9 Å². The Morgan fingerprint density at radius 1 is 0.448 bits per heavy atom. The van der Waals surface area contributed by atoms with E-state index in [9.17, 15) is 0 Å². The number of hydrogen-bond acceptors (Lipinski definition) is 5. The van der Waals surface area contributed by atoms with Gasteiger partial charge in [0.25, 0.3) is 0 Å². The van der Waals surface area contributed by atoms with Gasteiger partial charge in [-0.1, -0.05) is 152 Å². The lowest BCUT2D eigenvalue weighted by atomic mass is 9.64. The first kappa shape index (κ1) is 33.2. The Labute approximate surface area is 339 Å². The minimum absolute atomic E-state index is 0.340. The Balaban J connectivity index is 0.896. The number of allylic oxidation sites excluding steroid dienone is 10. The van der Waals surface area contributed by atoms with Crippen molar-refractivity contribution in [2.75, 3.05) is 0 Å². The average molecular weight is 762 g/mol. The van der Waals surface area contributed by atoms with Gasteiger partial charge in [0.1, 0.15) is 11.2 Å². The van der Waals surface area contributed by atoms with Gasteiger partial charge in [-0.2, -0.15) is 0 Å². The van der Waals surface area contributed by atoms with Crippen LogP contribution in [0.25, 0.3) is 87.4 Å². The Morgan fingerprint density at radius 2 is 1.07 bits per heavy atom. The number of aromatic nitrogens is 3. The summed E-state index contributed by atoms with van der Waals surface area (Å²) in [5, 5.41) is 4.78. The first-order valence-corrected chi connectivity index (χ1v) is 20.7. The van der Waals surface area contributed by atoms with E-state index in [2.05, 4.69) is 127 Å². The molecule has 0 amide bonds. The maximum atomic E-state index is 6.48. The standard InChI is InChI=1S/C53H35N3OS/c1-3-11-32(12-4-1)51-54-52(33-13-5-2-6-14-33)56-53(55-51)39-21-23-41-45-28-34(22-26-46(45)57-47(41)29-39)35-19-24-42-43-25-20-38(31-49(43)58-48(42)30-35)50-37-16-8-7-15-36(27-37)40-17-9-10-18-44(40)50/h1-31,36,40,44,50H. The predicted molar refractivity (Wildman–Crippen MR) is 240 cm³/mol. The smallest absolute Gasteiger partial charge is 0.164 e. The van der Waals surface area contributed by atoms with Crippen LogP contribution in [0, 0.1) is 17.8 Å². The molecule has 0 radical (unpaired) electrons. The number of hydrogen-bond donors (Lipinski definition) is 0. The second-order valence-corrected chi connectivity index (χ2v) is 16.6. The normalized spacial score (nSPS) is 19.6. The summed E-state index contributed by atoms with van der Waals surface area (Å²) >= 11 is 1.90. The molecule has 0 saturated carbocycles. The molecule has 6 aromatic carbocycles. The van der Waals surface area contributed by atoms with Gasteiger partial charge in [0.2, 0.25) is 0 Å². The zero-order chi connectivity index (χ0) is 38.2. The number of rotatable bonds is 5. The molecule has 0 N–H and O–H groups in total. The minimum Gasteiger partial charge on any atom is -0.456 e. The van der Waals surface area contributed by atoms with Crippen LogP contribution < -0.4 is 0 Å². The van der Waals surface area contributed by atoms with E-state index in [1.807, 2.05) is 72.0 Å². The van der Waals surface area contributed by atoms with Gasteiger partial charge in [-0.3, -0.25) is 0 Å². The van der Waals surface area contributed by atoms with Crippen molar-refractivity contribution in [3.8, 4) is 45.3 Å². The van der Waals surface area contributed by atoms with Crippen LogP contribution in [0.1, 0.15) is 11.5 Å². The maximum absolute atomic E-state index is 6.48. The molecule has 0 spiro atoms. The van der Waals surface area contributed by atoms with Crippen LogP contribution >= 0.6 is 11.3 Å². The summed E-state index contributed by atoms with van der Waals surface area (Å²) in [6.07, 6.45) is 20.9. The van der Waals surface area contributed by atoms with Crippen molar-refractivity contribution >= 4 is 53.4 Å². The highest BCUT2D eigenvalue weighted by Crippen LogP contribution is 2.49. The topological polar surface area (TPSA) is 51.8 Å². The number of fused-ring (bicyclic) bond motifs is 9. The maximum Gasteiger partial charge on any atom is 0.164 e. The molecule has 3 aromatic heterocycles. The number of thiophene rings is 1. The lowest BCUT2D eigenvalue weighted by molar-refractivity contribution is 0.357. The van der Waals surface area contributed by atoms with E-state index < -0.39 is 0 Å². The number of benzene rings is 6. The zero-order valence-corrected chi connectivity index (χ0v) is 32.2. The van der Waals surface area contributed by atoms with Gasteiger partial charge in [-0.05, 0) is 70.5 Å². The second kappa shape index (κ2) is 13.3. The molecular weight excluding hydrogens is 727 g/mol. The average Bonchev–Trinajstić information content (AvgIpc) is 3.76. The Bertz CT molecular complexity index is 3200. The fourth-order valence-electron chi connectivity index (χ4n) is 9.34. The highest BCUT2D eigenvalue weighted by molar-refractivity contribution is 7.25. The molecule has 58 heavy (non-hydrogen) atoms. The Kier molecular flexibility index (Phi) is 7.63. The van der Waals surface area contributed by atoms with Crippen LogP contribution in [0.5, 0.6) is 0 Å². The second-order valence-electron chi connectivity index (χ2n) is 15.5. The first-order chi connectivity index (χ1) is 28.7. The number of nitrogens with zero attached hydrogens (tertiary/aromatic N) is 3. The van der Waals surface area contributed by atoms with Crippen molar-refractivity contribution in [2.45, 2.75) is 5.92 Å². The van der Waals surface area contributed by atoms with Crippen molar-refractivity contribution < 1.29 is 4.42 Å². The molecule has 9 aromatic rings. The highest BCUT2D eigenvalue weighted by atomic mass is 32.1. The van der Waals surface area contributed by atoms with Crippen LogP contribution in [0.4, 0.5) is 0 Å². The summed E-state index contributed by atoms with van der Waals surface area (Å²) in [6.45, 7) is 0. The van der Waals surface area contributed by atoms with Gasteiger partial charge in [-0.25, -0.2) is 15.0 Å². The molecule has 3 aliphatic carbocycles. The molecule has 0 saturated heterocycles. The Morgan fingerprint density at radius 3 is 1.84 bits per heavy atom. The van der Waals surface area contributed by atoms with Crippen LogP contribution in [0.3, 0.4) is 0 Å². The SMILES string of the molecule is C1=CC2=CC(C=C1)C1C=CC=CC1C2c1ccc2c(c1)sc1cc(-c3ccc4oc5cc(-c6nc(-c7ccccc7)nc(-c7ccccc7)n6)ccc5c4c3)ccc12. The summed E-state index contributed by atoms with van der Waals surface area (Å²) in [4.78, 5) is 14.7. The molecule has 4 atom stereocenters. The van der Waals surface area contributed by atoms with E-state index in [0.717, 1.165) is 44.2 Å². The van der Waals surface area contributed by atoms with Gasteiger partial charge in [0, 0.05) is 59.5 Å². The largest absolute Gasteiger partial charge is 0.456 e. The monoisotopic (exact) mass is 761 g/mol. The third-order valence-corrected chi connectivity index (χ3v) is 13.3. The lowest BCUT2D eigenvalue weighted by Gasteiger charge is -2.39. The van der Waals surface area contributed by atoms with E-state index in [1.54, 1.807) is 0 Å². The molecule has 5 heteroatoms. The minimum atomic E-state index is 0.340. The third-order valence-electron chi connectivity index (χ3n) is 12.1.